The number of benzene rings is 1. The lowest BCUT2D eigenvalue weighted by Crippen LogP contribution is -2.05. The highest BCUT2D eigenvalue weighted by molar-refractivity contribution is 7.15. The number of aryl methyl sites for hydroxylation is 2. The van der Waals surface area contributed by atoms with Crippen molar-refractivity contribution < 1.29 is 0 Å². The van der Waals surface area contributed by atoms with Crippen molar-refractivity contribution in [3.8, 4) is 0 Å². The topological polar surface area (TPSA) is 88.8 Å². The van der Waals surface area contributed by atoms with E-state index in [1.165, 1.54) is 17.7 Å². The monoisotopic (exact) mass is 380 g/mol. The quantitative estimate of drug-likeness (QED) is 0.594. The highest BCUT2D eigenvalue weighted by atomic mass is 35.5. The van der Waals surface area contributed by atoms with Gasteiger partial charge in [0.05, 0.1) is 16.4 Å². The Bertz CT molecular complexity index is 876. The number of aromatic nitrogens is 3. The molecule has 24 heavy (non-hydrogen) atoms. The van der Waals surface area contributed by atoms with Gasteiger partial charge in [-0.2, -0.15) is 0 Å². The Labute approximate surface area is 153 Å². The van der Waals surface area contributed by atoms with Gasteiger partial charge in [-0.05, 0) is 32.0 Å². The van der Waals surface area contributed by atoms with Gasteiger partial charge in [0.25, 0.3) is 0 Å². The summed E-state index contributed by atoms with van der Waals surface area (Å²) in [4.78, 5) is 13.9. The zero-order chi connectivity index (χ0) is 17.3. The lowest BCUT2D eigenvalue weighted by Gasteiger charge is -2.12. The Kier molecular flexibility index (Phi) is 4.75. The van der Waals surface area contributed by atoms with E-state index in [1.54, 1.807) is 18.2 Å². The standard InChI is InChI=1S/C15H14Cl2N6S/c1-7-8(2)24-15(21-7)23-14-12(18)13(19-6-20-14)22-11-5-9(16)3-4-10(11)17/h3-6H,18H2,1-2H3,(H2,19,20,21,22,23). The van der Waals surface area contributed by atoms with E-state index in [-0.39, 0.29) is 0 Å². The maximum absolute atomic E-state index is 6.16. The van der Waals surface area contributed by atoms with Gasteiger partial charge in [-0.25, -0.2) is 15.0 Å². The van der Waals surface area contributed by atoms with Crippen molar-refractivity contribution in [2.45, 2.75) is 13.8 Å². The van der Waals surface area contributed by atoms with Crippen LogP contribution in [0.2, 0.25) is 10.0 Å². The van der Waals surface area contributed by atoms with Crippen LogP contribution in [0, 0.1) is 13.8 Å². The van der Waals surface area contributed by atoms with Crippen LogP contribution in [0.15, 0.2) is 24.5 Å². The van der Waals surface area contributed by atoms with Crippen molar-refractivity contribution in [1.29, 1.82) is 0 Å². The number of nitrogens with two attached hydrogens (primary N) is 1. The summed E-state index contributed by atoms with van der Waals surface area (Å²) >= 11 is 13.7. The number of nitrogen functional groups attached to an aromatic ring is 1. The van der Waals surface area contributed by atoms with Gasteiger partial charge in [-0.3, -0.25) is 0 Å². The molecule has 0 aliphatic carbocycles. The zero-order valence-electron chi connectivity index (χ0n) is 12.9. The number of nitrogens with zero attached hydrogens (tertiary/aromatic N) is 3. The molecule has 3 rings (SSSR count). The molecule has 9 heteroatoms. The molecule has 0 amide bonds. The molecule has 0 aliphatic heterocycles. The van der Waals surface area contributed by atoms with E-state index in [4.69, 9.17) is 28.9 Å². The number of hydrogen-bond acceptors (Lipinski definition) is 7. The molecule has 0 radical (unpaired) electrons. The molecule has 4 N–H and O–H groups in total. The predicted molar refractivity (Wildman–Crippen MR) is 101 cm³/mol. The molecule has 0 unspecified atom stereocenters. The highest BCUT2D eigenvalue weighted by Gasteiger charge is 2.12. The summed E-state index contributed by atoms with van der Waals surface area (Å²) < 4.78 is 0. The smallest absolute Gasteiger partial charge is 0.188 e. The van der Waals surface area contributed by atoms with Crippen molar-refractivity contribution in [3.05, 3.63) is 45.1 Å². The highest BCUT2D eigenvalue weighted by Crippen LogP contribution is 2.33. The average Bonchev–Trinajstić information content (AvgIpc) is 2.85. The fraction of sp³-hybridized carbons (Fsp3) is 0.133. The van der Waals surface area contributed by atoms with Crippen molar-refractivity contribution in [2.75, 3.05) is 16.4 Å². The van der Waals surface area contributed by atoms with Crippen LogP contribution in [0.1, 0.15) is 10.6 Å². The minimum atomic E-state index is 0.360. The summed E-state index contributed by atoms with van der Waals surface area (Å²) in [5.74, 6) is 0.904. The first-order chi connectivity index (χ1) is 11.4. The number of nitrogens with one attached hydrogen (secondary N) is 2. The van der Waals surface area contributed by atoms with E-state index in [9.17, 15) is 0 Å². The van der Waals surface area contributed by atoms with E-state index in [0.29, 0.717) is 33.1 Å². The van der Waals surface area contributed by atoms with Gasteiger partial charge < -0.3 is 16.4 Å². The molecule has 0 bridgehead atoms. The molecule has 0 spiro atoms. The van der Waals surface area contributed by atoms with Crippen LogP contribution < -0.4 is 16.4 Å². The average molecular weight is 381 g/mol. The Morgan fingerprint density at radius 3 is 2.46 bits per heavy atom. The van der Waals surface area contributed by atoms with Crippen molar-refractivity contribution in [2.24, 2.45) is 0 Å². The first-order valence-corrected chi connectivity index (χ1v) is 8.55. The summed E-state index contributed by atoms with van der Waals surface area (Å²) in [6.45, 7) is 3.96. The van der Waals surface area contributed by atoms with Gasteiger partial charge in [0.15, 0.2) is 16.8 Å². The van der Waals surface area contributed by atoms with Crippen molar-refractivity contribution in [3.63, 3.8) is 0 Å². The molecule has 1 aromatic carbocycles. The van der Waals surface area contributed by atoms with Gasteiger partial charge in [0, 0.05) is 9.90 Å². The Morgan fingerprint density at radius 2 is 1.79 bits per heavy atom. The van der Waals surface area contributed by atoms with Gasteiger partial charge in [-0.15, -0.1) is 11.3 Å². The Morgan fingerprint density at radius 1 is 1.08 bits per heavy atom. The summed E-state index contributed by atoms with van der Waals surface area (Å²) in [5, 5.41) is 7.99. The van der Waals surface area contributed by atoms with Crippen LogP contribution in [0.4, 0.5) is 28.1 Å². The molecular formula is C15H14Cl2N6S. The van der Waals surface area contributed by atoms with Gasteiger partial charge in [-0.1, -0.05) is 23.2 Å². The lowest BCUT2D eigenvalue weighted by atomic mass is 10.3. The largest absolute Gasteiger partial charge is 0.393 e. The Balaban J connectivity index is 1.89. The molecular weight excluding hydrogens is 367 g/mol. The van der Waals surface area contributed by atoms with Crippen LogP contribution in [0.5, 0.6) is 0 Å². The van der Waals surface area contributed by atoms with E-state index >= 15 is 0 Å². The van der Waals surface area contributed by atoms with E-state index in [1.807, 2.05) is 13.8 Å². The van der Waals surface area contributed by atoms with Crippen LogP contribution in [-0.4, -0.2) is 15.0 Å². The van der Waals surface area contributed by atoms with Gasteiger partial charge in [0.2, 0.25) is 0 Å². The second kappa shape index (κ2) is 6.80. The molecule has 3 aromatic rings. The number of rotatable bonds is 4. The third kappa shape index (κ3) is 3.53. The first-order valence-electron chi connectivity index (χ1n) is 6.97. The first kappa shape index (κ1) is 16.8. The SMILES string of the molecule is Cc1nc(Nc2ncnc(Nc3cc(Cl)ccc3Cl)c2N)sc1C. The molecule has 2 aromatic heterocycles. The van der Waals surface area contributed by atoms with Crippen LogP contribution >= 0.6 is 34.5 Å². The van der Waals surface area contributed by atoms with E-state index in [0.717, 1.165) is 15.7 Å². The zero-order valence-corrected chi connectivity index (χ0v) is 15.2. The minimum absolute atomic E-state index is 0.360. The summed E-state index contributed by atoms with van der Waals surface area (Å²) in [6.07, 6.45) is 1.41. The molecule has 0 saturated heterocycles. The summed E-state index contributed by atoms with van der Waals surface area (Å²) in [6, 6.07) is 5.11. The number of thiazole rings is 1. The van der Waals surface area contributed by atoms with Crippen LogP contribution in [0.3, 0.4) is 0 Å². The van der Waals surface area contributed by atoms with Crippen molar-refractivity contribution >= 4 is 62.7 Å². The minimum Gasteiger partial charge on any atom is -0.393 e. The third-order valence-electron chi connectivity index (χ3n) is 3.32. The van der Waals surface area contributed by atoms with Crippen LogP contribution in [0.25, 0.3) is 0 Å². The number of hydrogen-bond donors (Lipinski definition) is 3. The molecule has 6 nitrogen and oxygen atoms in total. The molecule has 0 aliphatic rings. The maximum atomic E-state index is 6.16. The molecule has 0 atom stereocenters. The molecule has 124 valence electrons. The molecule has 2 heterocycles. The normalized spacial score (nSPS) is 10.7. The second-order valence-electron chi connectivity index (χ2n) is 5.02. The van der Waals surface area contributed by atoms with Gasteiger partial charge in [0.1, 0.15) is 12.0 Å². The molecule has 0 fully saturated rings. The molecule has 0 saturated carbocycles. The van der Waals surface area contributed by atoms with Crippen molar-refractivity contribution in [1.82, 2.24) is 15.0 Å². The third-order valence-corrected chi connectivity index (χ3v) is 4.87. The van der Waals surface area contributed by atoms with Crippen LogP contribution in [-0.2, 0) is 0 Å². The van der Waals surface area contributed by atoms with E-state index < -0.39 is 0 Å². The summed E-state index contributed by atoms with van der Waals surface area (Å²) in [5.41, 5.74) is 8.11. The fourth-order valence-electron chi connectivity index (χ4n) is 1.94. The lowest BCUT2D eigenvalue weighted by molar-refractivity contribution is 1.16. The fourth-order valence-corrected chi connectivity index (χ4v) is 3.09. The maximum Gasteiger partial charge on any atom is 0.188 e. The number of anilines is 5. The second-order valence-corrected chi connectivity index (χ2v) is 7.07. The van der Waals surface area contributed by atoms with E-state index in [2.05, 4.69) is 25.6 Å². The number of halogens is 2. The Hall–Kier alpha value is -2.09. The predicted octanol–water partition coefficient (Wildman–Crippen LogP) is 4.93. The van der Waals surface area contributed by atoms with Gasteiger partial charge >= 0.3 is 0 Å². The summed E-state index contributed by atoms with van der Waals surface area (Å²) in [7, 11) is 0.